The van der Waals surface area contributed by atoms with Gasteiger partial charge in [-0.3, -0.25) is 0 Å². The van der Waals surface area contributed by atoms with E-state index in [4.69, 9.17) is 11.5 Å². The summed E-state index contributed by atoms with van der Waals surface area (Å²) in [6.07, 6.45) is 6.40. The Kier molecular flexibility index (Phi) is 13.6. The molecule has 0 rings (SSSR count). The van der Waals surface area contributed by atoms with Crippen LogP contribution < -0.4 is 22.1 Å². The Bertz CT molecular complexity index is 180. The Hall–Kier alpha value is -0.200. The van der Waals surface area contributed by atoms with E-state index < -0.39 is 0 Å². The summed E-state index contributed by atoms with van der Waals surface area (Å²) in [7, 11) is 0. The minimum Gasteiger partial charge on any atom is -0.390 e. The summed E-state index contributed by atoms with van der Waals surface area (Å²) in [6, 6.07) is 0.596. The van der Waals surface area contributed by atoms with Crippen molar-refractivity contribution in [3.8, 4) is 0 Å². The van der Waals surface area contributed by atoms with Gasteiger partial charge in [-0.15, -0.1) is 0 Å². The fourth-order valence-corrected chi connectivity index (χ4v) is 2.04. The van der Waals surface area contributed by atoms with Crippen LogP contribution in [0, 0.1) is 0 Å². The molecular weight excluding hydrogens is 252 g/mol. The number of rotatable bonds is 14. The molecule has 2 atom stereocenters. The minimum absolute atomic E-state index is 0.298. The second-order valence-electron chi connectivity index (χ2n) is 6.01. The summed E-state index contributed by atoms with van der Waals surface area (Å²) < 4.78 is 0. The zero-order valence-corrected chi connectivity index (χ0v) is 13.4. The maximum Gasteiger partial charge on any atom is 0.0788 e. The lowest BCUT2D eigenvalue weighted by Crippen LogP contribution is -2.36. The molecule has 0 radical (unpaired) electrons. The van der Waals surface area contributed by atoms with Crippen LogP contribution in [0.25, 0.3) is 0 Å². The molecule has 0 saturated carbocycles. The van der Waals surface area contributed by atoms with Gasteiger partial charge in [-0.25, -0.2) is 0 Å². The molecule has 0 heterocycles. The van der Waals surface area contributed by atoms with E-state index in [-0.39, 0.29) is 6.10 Å². The van der Waals surface area contributed by atoms with Crippen molar-refractivity contribution in [2.24, 2.45) is 11.5 Å². The summed E-state index contributed by atoms with van der Waals surface area (Å²) >= 11 is 0. The molecule has 7 N–H and O–H groups in total. The van der Waals surface area contributed by atoms with E-state index in [1.807, 2.05) is 13.8 Å². The average Bonchev–Trinajstić information content (AvgIpc) is 2.37. The molecule has 0 aliphatic heterocycles. The van der Waals surface area contributed by atoms with E-state index in [9.17, 15) is 5.11 Å². The van der Waals surface area contributed by atoms with Crippen molar-refractivity contribution < 1.29 is 5.11 Å². The molecule has 20 heavy (non-hydrogen) atoms. The van der Waals surface area contributed by atoms with Gasteiger partial charge >= 0.3 is 0 Å². The maximum absolute atomic E-state index is 9.77. The van der Waals surface area contributed by atoms with Crippen molar-refractivity contribution in [1.29, 1.82) is 0 Å². The van der Waals surface area contributed by atoms with E-state index in [2.05, 4.69) is 10.6 Å². The number of nitrogens with two attached hydrogens (primary N) is 2. The SMILES string of the molecule is CC(N)CCCCNCC(O)CNCCCCC(C)N. The molecule has 0 spiro atoms. The Morgan fingerprint density at radius 2 is 1.20 bits per heavy atom. The molecule has 0 aliphatic rings. The lowest BCUT2D eigenvalue weighted by Gasteiger charge is -2.13. The highest BCUT2D eigenvalue weighted by atomic mass is 16.3. The summed E-state index contributed by atoms with van der Waals surface area (Å²) in [5.74, 6) is 0. The summed E-state index contributed by atoms with van der Waals surface area (Å²) in [5.41, 5.74) is 11.4. The monoisotopic (exact) mass is 288 g/mol. The minimum atomic E-state index is -0.308. The predicted molar refractivity (Wildman–Crippen MR) is 86.7 cm³/mol. The Balaban J connectivity index is 3.18. The molecule has 0 amide bonds. The predicted octanol–water partition coefficient (Wildman–Crippen LogP) is 0.562. The number of aliphatic hydroxyl groups excluding tert-OH is 1. The fraction of sp³-hybridized carbons (Fsp3) is 1.00. The van der Waals surface area contributed by atoms with Crippen LogP contribution in [0.1, 0.15) is 52.4 Å². The van der Waals surface area contributed by atoms with E-state index in [1.165, 1.54) is 0 Å². The van der Waals surface area contributed by atoms with Crippen LogP contribution in [0.4, 0.5) is 0 Å². The van der Waals surface area contributed by atoms with Gasteiger partial charge in [-0.05, 0) is 52.6 Å². The van der Waals surface area contributed by atoms with E-state index >= 15 is 0 Å². The first-order chi connectivity index (χ1) is 9.52. The second-order valence-corrected chi connectivity index (χ2v) is 6.01. The first-order valence-corrected chi connectivity index (χ1v) is 8.13. The summed E-state index contributed by atoms with van der Waals surface area (Å²) in [6.45, 7) is 7.31. The van der Waals surface area contributed by atoms with E-state index in [0.717, 1.165) is 51.6 Å². The Labute approximate surface area is 124 Å². The van der Waals surface area contributed by atoms with Crippen LogP contribution in [0.15, 0.2) is 0 Å². The highest BCUT2D eigenvalue weighted by Crippen LogP contribution is 1.97. The van der Waals surface area contributed by atoms with E-state index in [1.54, 1.807) is 0 Å². The van der Waals surface area contributed by atoms with Crippen LogP contribution in [0.2, 0.25) is 0 Å². The smallest absolute Gasteiger partial charge is 0.0788 e. The molecule has 0 saturated heterocycles. The third-order valence-corrected chi connectivity index (χ3v) is 3.29. The molecule has 0 bridgehead atoms. The van der Waals surface area contributed by atoms with Gasteiger partial charge in [0.25, 0.3) is 0 Å². The van der Waals surface area contributed by atoms with Crippen LogP contribution in [0.5, 0.6) is 0 Å². The number of aliphatic hydroxyl groups is 1. The van der Waals surface area contributed by atoms with E-state index in [0.29, 0.717) is 25.2 Å². The number of unbranched alkanes of at least 4 members (excludes halogenated alkanes) is 2. The highest BCUT2D eigenvalue weighted by molar-refractivity contribution is 4.64. The van der Waals surface area contributed by atoms with Crippen molar-refractivity contribution in [2.45, 2.75) is 70.6 Å². The van der Waals surface area contributed by atoms with Gasteiger partial charge in [-0.1, -0.05) is 12.8 Å². The molecule has 0 fully saturated rings. The number of nitrogens with one attached hydrogen (secondary N) is 2. The van der Waals surface area contributed by atoms with Gasteiger partial charge in [0.2, 0.25) is 0 Å². The lowest BCUT2D eigenvalue weighted by molar-refractivity contribution is 0.168. The topological polar surface area (TPSA) is 96.3 Å². The second kappa shape index (κ2) is 13.8. The third kappa shape index (κ3) is 15.9. The molecule has 122 valence electrons. The van der Waals surface area contributed by atoms with Gasteiger partial charge in [0.1, 0.15) is 0 Å². The molecule has 0 aromatic carbocycles. The van der Waals surface area contributed by atoms with Crippen molar-refractivity contribution in [1.82, 2.24) is 10.6 Å². The van der Waals surface area contributed by atoms with Crippen LogP contribution in [0.3, 0.4) is 0 Å². The molecule has 0 aliphatic carbocycles. The average molecular weight is 288 g/mol. The standard InChI is InChI=1S/C15H36N4O/c1-13(16)7-3-5-9-18-11-15(20)12-19-10-6-4-8-14(2)17/h13-15,18-20H,3-12,16-17H2,1-2H3. The molecular formula is C15H36N4O. The maximum atomic E-state index is 9.77. The zero-order valence-electron chi connectivity index (χ0n) is 13.4. The summed E-state index contributed by atoms with van der Waals surface area (Å²) in [5, 5.41) is 16.3. The zero-order chi connectivity index (χ0) is 15.2. The first-order valence-electron chi connectivity index (χ1n) is 8.13. The van der Waals surface area contributed by atoms with Crippen molar-refractivity contribution in [3.63, 3.8) is 0 Å². The lowest BCUT2D eigenvalue weighted by atomic mass is 10.1. The van der Waals surface area contributed by atoms with Gasteiger partial charge in [0.15, 0.2) is 0 Å². The number of hydrogen-bond acceptors (Lipinski definition) is 5. The summed E-state index contributed by atoms with van der Waals surface area (Å²) in [4.78, 5) is 0. The Morgan fingerprint density at radius 3 is 1.55 bits per heavy atom. The normalized spacial score (nSPS) is 16.1. The molecule has 5 nitrogen and oxygen atoms in total. The molecule has 5 heteroatoms. The van der Waals surface area contributed by atoms with Gasteiger partial charge in [0, 0.05) is 25.2 Å². The number of hydrogen-bond donors (Lipinski definition) is 5. The van der Waals surface area contributed by atoms with Crippen molar-refractivity contribution in [2.75, 3.05) is 26.2 Å². The molecule has 0 aromatic rings. The fourth-order valence-electron chi connectivity index (χ4n) is 2.04. The highest BCUT2D eigenvalue weighted by Gasteiger charge is 2.02. The van der Waals surface area contributed by atoms with Crippen LogP contribution in [-0.2, 0) is 0 Å². The third-order valence-electron chi connectivity index (χ3n) is 3.29. The van der Waals surface area contributed by atoms with Crippen molar-refractivity contribution in [3.05, 3.63) is 0 Å². The van der Waals surface area contributed by atoms with Gasteiger partial charge in [-0.2, -0.15) is 0 Å². The quantitative estimate of drug-likeness (QED) is 0.301. The largest absolute Gasteiger partial charge is 0.390 e. The van der Waals surface area contributed by atoms with Gasteiger partial charge < -0.3 is 27.2 Å². The Morgan fingerprint density at radius 1 is 0.800 bits per heavy atom. The first kappa shape index (κ1) is 19.8. The molecule has 2 unspecified atom stereocenters. The van der Waals surface area contributed by atoms with Crippen LogP contribution in [-0.4, -0.2) is 49.5 Å². The van der Waals surface area contributed by atoms with Crippen molar-refractivity contribution >= 4 is 0 Å². The van der Waals surface area contributed by atoms with Gasteiger partial charge in [0.05, 0.1) is 6.10 Å². The van der Waals surface area contributed by atoms with Crippen LogP contribution >= 0.6 is 0 Å². The molecule has 0 aromatic heterocycles.